The van der Waals surface area contributed by atoms with Crippen molar-refractivity contribution in [2.45, 2.75) is 45.1 Å². The summed E-state index contributed by atoms with van der Waals surface area (Å²) < 4.78 is 4.47. The van der Waals surface area contributed by atoms with E-state index in [0.717, 1.165) is 0 Å². The third kappa shape index (κ3) is 3.06. The third-order valence-electron chi connectivity index (χ3n) is 7.17. The first kappa shape index (κ1) is 17.3. The fourth-order valence-electron chi connectivity index (χ4n) is 6.14. The summed E-state index contributed by atoms with van der Waals surface area (Å²) in [6, 6.07) is 5.67. The molecule has 6 bridgehead atoms. The van der Waals surface area contributed by atoms with Crippen molar-refractivity contribution in [1.82, 2.24) is 0 Å². The Balaban J connectivity index is 0.000000133. The van der Waals surface area contributed by atoms with Crippen LogP contribution in [0.25, 0.3) is 0 Å². The minimum atomic E-state index is -1.41. The summed E-state index contributed by atoms with van der Waals surface area (Å²) in [5.41, 5.74) is 0.361. The van der Waals surface area contributed by atoms with Crippen molar-refractivity contribution in [2.75, 3.05) is 0 Å². The molecule has 0 aromatic heterocycles. The lowest BCUT2D eigenvalue weighted by Crippen LogP contribution is -2.58. The van der Waals surface area contributed by atoms with E-state index in [4.69, 9.17) is 5.11 Å². The molecule has 6 heteroatoms. The summed E-state index contributed by atoms with van der Waals surface area (Å²) in [7, 11) is 0. The molecular weight excluding hydrogens is 334 g/mol. The Kier molecular flexibility index (Phi) is 4.37. The van der Waals surface area contributed by atoms with Crippen molar-refractivity contribution in [3.63, 3.8) is 0 Å². The quantitative estimate of drug-likeness (QED) is 0.464. The van der Waals surface area contributed by atoms with Crippen LogP contribution in [0.4, 0.5) is 10.5 Å². The van der Waals surface area contributed by atoms with Crippen LogP contribution in [0.2, 0.25) is 0 Å². The Morgan fingerprint density at radius 3 is 2.42 bits per heavy atom. The fraction of sp³-hybridized carbons (Fsp3) is 0.650. The van der Waals surface area contributed by atoms with Crippen LogP contribution >= 0.6 is 0 Å². The predicted molar refractivity (Wildman–Crippen MR) is 94.6 cm³/mol. The summed E-state index contributed by atoms with van der Waals surface area (Å²) in [5.74, 6) is 7.31. The number of nitro benzene ring substituents is 1. The van der Waals surface area contributed by atoms with E-state index < -0.39 is 17.2 Å². The maximum absolute atomic E-state index is 10.4. The number of carboxylic acid groups (broad SMARTS) is 1. The first-order chi connectivity index (χ1) is 12.4. The second-order valence-corrected chi connectivity index (χ2v) is 8.43. The molecule has 5 atom stereocenters. The standard InChI is InChI=1S/C11H16.C9H9NO5/c1-6-2-8-4-7(1)9-5-10(8)11(9)3-6;1-6(15-9(11)12)7-3-2-4-8(5-7)10(13)14/h6-11H,1-5H2;2-6H,1H3,(H,11,12). The van der Waals surface area contributed by atoms with Crippen LogP contribution in [0.5, 0.6) is 0 Å². The number of rotatable bonds is 3. The lowest BCUT2D eigenvalue weighted by atomic mass is 9.39. The van der Waals surface area contributed by atoms with Crippen molar-refractivity contribution in [3.05, 3.63) is 39.9 Å². The monoisotopic (exact) mass is 359 g/mol. The Bertz CT molecular complexity index is 683. The number of nitrogens with zero attached hydrogens (tertiary/aromatic N) is 1. The van der Waals surface area contributed by atoms with Crippen LogP contribution in [0.3, 0.4) is 0 Å². The van der Waals surface area contributed by atoms with Gasteiger partial charge in [-0.2, -0.15) is 0 Å². The van der Waals surface area contributed by atoms with Crippen molar-refractivity contribution >= 4 is 11.8 Å². The van der Waals surface area contributed by atoms with Gasteiger partial charge in [-0.05, 0) is 80.1 Å². The number of hydrogen-bond acceptors (Lipinski definition) is 4. The molecule has 0 radical (unpaired) electrons. The first-order valence-corrected chi connectivity index (χ1v) is 9.56. The molecule has 1 aromatic rings. The van der Waals surface area contributed by atoms with Gasteiger partial charge in [0.05, 0.1) is 4.92 Å². The summed E-state index contributed by atoms with van der Waals surface area (Å²) in [4.78, 5) is 20.1. The number of ether oxygens (including phenoxy) is 1. The first-order valence-electron chi connectivity index (χ1n) is 9.56. The van der Waals surface area contributed by atoms with Gasteiger partial charge in [-0.15, -0.1) is 0 Å². The highest BCUT2D eigenvalue weighted by atomic mass is 16.7. The molecule has 0 heterocycles. The molecule has 140 valence electrons. The minimum absolute atomic E-state index is 0.0895. The van der Waals surface area contributed by atoms with Crippen LogP contribution in [-0.2, 0) is 4.74 Å². The van der Waals surface area contributed by atoms with Gasteiger partial charge in [-0.25, -0.2) is 4.79 Å². The highest BCUT2D eigenvalue weighted by Crippen LogP contribution is 2.68. The fourth-order valence-corrected chi connectivity index (χ4v) is 6.14. The van der Waals surface area contributed by atoms with Crippen LogP contribution in [0.15, 0.2) is 24.3 Å². The molecule has 0 amide bonds. The normalized spacial score (nSPS) is 36.3. The van der Waals surface area contributed by atoms with Crippen molar-refractivity contribution in [2.24, 2.45) is 35.5 Å². The van der Waals surface area contributed by atoms with Crippen LogP contribution in [-0.4, -0.2) is 16.2 Å². The van der Waals surface area contributed by atoms with E-state index in [1.165, 1.54) is 60.6 Å². The third-order valence-corrected chi connectivity index (χ3v) is 7.17. The van der Waals surface area contributed by atoms with Gasteiger partial charge in [0, 0.05) is 12.1 Å². The molecule has 1 aromatic carbocycles. The highest BCUT2D eigenvalue weighted by Gasteiger charge is 2.59. The second kappa shape index (κ2) is 6.56. The van der Waals surface area contributed by atoms with E-state index in [9.17, 15) is 14.9 Å². The smallest absolute Gasteiger partial charge is 0.450 e. The van der Waals surface area contributed by atoms with Crippen molar-refractivity contribution in [3.8, 4) is 0 Å². The summed E-state index contributed by atoms with van der Waals surface area (Å²) in [6.07, 6.45) is 6.06. The summed E-state index contributed by atoms with van der Waals surface area (Å²) in [6.45, 7) is 1.51. The molecule has 6 saturated carbocycles. The zero-order valence-corrected chi connectivity index (χ0v) is 14.9. The number of carbonyl (C=O) groups is 1. The van der Waals surface area contributed by atoms with Crippen LogP contribution in [0.1, 0.15) is 50.7 Å². The van der Waals surface area contributed by atoms with E-state index in [1.807, 2.05) is 0 Å². The molecule has 26 heavy (non-hydrogen) atoms. The number of benzene rings is 1. The van der Waals surface area contributed by atoms with Gasteiger partial charge in [-0.3, -0.25) is 10.1 Å². The molecular formula is C20H25NO5. The zero-order valence-electron chi connectivity index (χ0n) is 14.9. The number of nitro groups is 1. The lowest BCUT2D eigenvalue weighted by Gasteiger charge is -2.66. The maximum atomic E-state index is 10.4. The zero-order chi connectivity index (χ0) is 18.4. The Hall–Kier alpha value is -2.11. The molecule has 5 unspecified atom stereocenters. The van der Waals surface area contributed by atoms with E-state index >= 15 is 0 Å². The van der Waals surface area contributed by atoms with E-state index in [1.54, 1.807) is 38.2 Å². The minimum Gasteiger partial charge on any atom is -0.450 e. The molecule has 6 aliphatic rings. The van der Waals surface area contributed by atoms with E-state index in [2.05, 4.69) is 4.74 Å². The van der Waals surface area contributed by atoms with Crippen LogP contribution in [0, 0.1) is 45.6 Å². The largest absolute Gasteiger partial charge is 0.506 e. The Labute approximate surface area is 152 Å². The molecule has 1 N–H and O–H groups in total. The molecule has 6 fully saturated rings. The molecule has 0 saturated heterocycles. The van der Waals surface area contributed by atoms with Crippen molar-refractivity contribution in [1.29, 1.82) is 0 Å². The van der Waals surface area contributed by atoms with Gasteiger partial charge in [0.25, 0.3) is 5.69 Å². The number of non-ortho nitro benzene ring substituents is 1. The Morgan fingerprint density at radius 1 is 1.15 bits per heavy atom. The van der Waals surface area contributed by atoms with Gasteiger partial charge < -0.3 is 9.84 Å². The van der Waals surface area contributed by atoms with Gasteiger partial charge in [0.15, 0.2) is 0 Å². The van der Waals surface area contributed by atoms with Gasteiger partial charge in [0.2, 0.25) is 0 Å². The van der Waals surface area contributed by atoms with E-state index in [-0.39, 0.29) is 5.69 Å². The van der Waals surface area contributed by atoms with Crippen LogP contribution < -0.4 is 0 Å². The second-order valence-electron chi connectivity index (χ2n) is 8.43. The Morgan fingerprint density at radius 2 is 1.85 bits per heavy atom. The summed E-state index contributed by atoms with van der Waals surface area (Å²) in [5, 5.41) is 18.8. The highest BCUT2D eigenvalue weighted by molar-refractivity contribution is 5.57. The topological polar surface area (TPSA) is 89.7 Å². The van der Waals surface area contributed by atoms with Gasteiger partial charge >= 0.3 is 6.16 Å². The predicted octanol–water partition coefficient (Wildman–Crippen LogP) is 5.04. The molecule has 6 nitrogen and oxygen atoms in total. The molecule has 7 rings (SSSR count). The lowest BCUT2D eigenvalue weighted by molar-refractivity contribution is -0.385. The maximum Gasteiger partial charge on any atom is 0.506 e. The average molecular weight is 359 g/mol. The van der Waals surface area contributed by atoms with Crippen molar-refractivity contribution < 1.29 is 19.6 Å². The molecule has 0 aliphatic heterocycles. The average Bonchev–Trinajstić information content (AvgIpc) is 2.57. The van der Waals surface area contributed by atoms with Gasteiger partial charge in [-0.1, -0.05) is 12.1 Å². The molecule has 6 aliphatic carbocycles. The summed E-state index contributed by atoms with van der Waals surface area (Å²) >= 11 is 0. The van der Waals surface area contributed by atoms with E-state index in [0.29, 0.717) is 5.56 Å². The molecule has 0 spiro atoms. The van der Waals surface area contributed by atoms with Gasteiger partial charge in [0.1, 0.15) is 6.10 Å². The number of hydrogen-bond donors (Lipinski definition) is 1. The SMILES string of the molecule is C1C2CC3CC1C1CC3C1C2.CC(OC(=O)O)c1cccc([N+](=O)[O-])c1.